The molecule has 2 aliphatic heterocycles. The molecule has 3 heterocycles. The molecule has 1 saturated heterocycles. The minimum absolute atomic E-state index is 0.0420. The number of hydrogen-bond acceptors (Lipinski definition) is 8. The number of hydrogen-bond donors (Lipinski definition) is 3. The molecule has 5 rings (SSSR count). The Morgan fingerprint density at radius 2 is 2.06 bits per heavy atom. The molecule has 0 bridgehead atoms. The lowest BCUT2D eigenvalue weighted by molar-refractivity contribution is -0.0626. The van der Waals surface area contributed by atoms with Crippen LogP contribution in [0.5, 0.6) is 5.75 Å². The maximum atomic E-state index is 10.6. The fourth-order valence-electron chi connectivity index (χ4n) is 5.38. The molecule has 1 aromatic carbocycles. The summed E-state index contributed by atoms with van der Waals surface area (Å²) in [7, 11) is 0. The number of anilines is 2. The Bertz CT molecular complexity index is 1040. The Hall–Kier alpha value is -2.89. The number of nitrogens with one attached hydrogen (secondary N) is 1. The predicted molar refractivity (Wildman–Crippen MR) is 123 cm³/mol. The second-order valence-electron chi connectivity index (χ2n) is 9.50. The molecule has 32 heavy (non-hydrogen) atoms. The molecule has 0 unspecified atom stereocenters. The topological polar surface area (TPSA) is 109 Å². The van der Waals surface area contributed by atoms with Crippen LogP contribution in [0.15, 0.2) is 18.2 Å². The first-order valence-electron chi connectivity index (χ1n) is 11.5. The standard InChI is InChI=1S/C24H30N6O2/c1-16-10-17(13-25)11-21(31)22(16)19-12-20-23(28-27-19)30(9-7-26-20)18-4-2-8-29(14-18)15-24(32)5-3-6-24/h10-12,18,26,31-32H,2-9,14-15H2,1H3/t18-/m0/s1. The molecule has 2 aromatic rings. The van der Waals surface area contributed by atoms with Gasteiger partial charge in [0.2, 0.25) is 0 Å². The minimum atomic E-state index is -0.487. The summed E-state index contributed by atoms with van der Waals surface area (Å²) in [6.07, 6.45) is 5.18. The first-order valence-corrected chi connectivity index (χ1v) is 11.5. The number of aromatic hydroxyl groups is 1. The van der Waals surface area contributed by atoms with Crippen LogP contribution < -0.4 is 10.2 Å². The third-order valence-electron chi connectivity index (χ3n) is 7.14. The maximum Gasteiger partial charge on any atom is 0.175 e. The van der Waals surface area contributed by atoms with Crippen molar-refractivity contribution in [2.24, 2.45) is 0 Å². The Balaban J connectivity index is 1.38. The first-order chi connectivity index (χ1) is 15.5. The number of fused-ring (bicyclic) bond motifs is 1. The lowest BCUT2D eigenvalue weighted by atomic mass is 9.79. The van der Waals surface area contributed by atoms with Gasteiger partial charge < -0.3 is 20.4 Å². The minimum Gasteiger partial charge on any atom is -0.507 e. The van der Waals surface area contributed by atoms with Crippen LogP contribution in [0, 0.1) is 18.3 Å². The largest absolute Gasteiger partial charge is 0.507 e. The van der Waals surface area contributed by atoms with Crippen molar-refractivity contribution in [2.75, 3.05) is 42.9 Å². The number of rotatable bonds is 4. The van der Waals surface area contributed by atoms with Gasteiger partial charge in [-0.25, -0.2) is 0 Å². The first kappa shape index (κ1) is 21.0. The van der Waals surface area contributed by atoms with Crippen LogP contribution in [0.2, 0.25) is 0 Å². The van der Waals surface area contributed by atoms with Gasteiger partial charge in [-0.15, -0.1) is 10.2 Å². The number of nitriles is 1. The van der Waals surface area contributed by atoms with E-state index in [1.807, 2.05) is 13.0 Å². The van der Waals surface area contributed by atoms with Crippen LogP contribution in [0.25, 0.3) is 11.3 Å². The van der Waals surface area contributed by atoms with Gasteiger partial charge in [-0.3, -0.25) is 4.90 Å². The average molecular weight is 435 g/mol. The van der Waals surface area contributed by atoms with E-state index in [1.54, 1.807) is 6.07 Å². The quantitative estimate of drug-likeness (QED) is 0.674. The van der Waals surface area contributed by atoms with Crippen molar-refractivity contribution in [3.63, 3.8) is 0 Å². The number of likely N-dealkylation sites (tertiary alicyclic amines) is 1. The number of benzene rings is 1. The number of aryl methyl sites for hydroxylation is 1. The summed E-state index contributed by atoms with van der Waals surface area (Å²) >= 11 is 0. The molecular formula is C24H30N6O2. The molecule has 3 aliphatic rings. The van der Waals surface area contributed by atoms with Crippen molar-refractivity contribution < 1.29 is 10.2 Å². The number of aromatic nitrogens is 2. The van der Waals surface area contributed by atoms with E-state index in [4.69, 9.17) is 5.26 Å². The molecule has 1 atom stereocenters. The van der Waals surface area contributed by atoms with Gasteiger partial charge in [-0.1, -0.05) is 0 Å². The summed E-state index contributed by atoms with van der Waals surface area (Å²) in [6, 6.07) is 7.58. The monoisotopic (exact) mass is 434 g/mol. The second-order valence-corrected chi connectivity index (χ2v) is 9.50. The summed E-state index contributed by atoms with van der Waals surface area (Å²) in [5.74, 6) is 0.889. The fourth-order valence-corrected chi connectivity index (χ4v) is 5.38. The molecule has 0 spiro atoms. The van der Waals surface area contributed by atoms with Crippen molar-refractivity contribution in [3.8, 4) is 23.1 Å². The highest BCUT2D eigenvalue weighted by molar-refractivity contribution is 5.78. The van der Waals surface area contributed by atoms with Gasteiger partial charge in [0.05, 0.1) is 28.6 Å². The predicted octanol–water partition coefficient (Wildman–Crippen LogP) is 2.64. The Morgan fingerprint density at radius 3 is 2.78 bits per heavy atom. The molecule has 1 aromatic heterocycles. The van der Waals surface area contributed by atoms with Crippen molar-refractivity contribution in [1.82, 2.24) is 15.1 Å². The molecule has 3 N–H and O–H groups in total. The van der Waals surface area contributed by atoms with Crippen molar-refractivity contribution in [1.29, 1.82) is 5.26 Å². The Kier molecular flexibility index (Phi) is 5.39. The summed E-state index contributed by atoms with van der Waals surface area (Å²) < 4.78 is 0. The number of nitrogens with zero attached hydrogens (tertiary/aromatic N) is 5. The van der Waals surface area contributed by atoms with Gasteiger partial charge in [0.1, 0.15) is 5.75 Å². The smallest absolute Gasteiger partial charge is 0.175 e. The Morgan fingerprint density at radius 1 is 1.22 bits per heavy atom. The summed E-state index contributed by atoms with van der Waals surface area (Å²) in [5.41, 5.74) is 2.84. The number of aliphatic hydroxyl groups is 1. The molecule has 0 radical (unpaired) electrons. The van der Waals surface area contributed by atoms with Gasteiger partial charge in [0.25, 0.3) is 0 Å². The summed E-state index contributed by atoms with van der Waals surface area (Å²) in [4.78, 5) is 4.76. The van der Waals surface area contributed by atoms with Gasteiger partial charge in [-0.2, -0.15) is 5.26 Å². The van der Waals surface area contributed by atoms with Crippen LogP contribution >= 0.6 is 0 Å². The molecular weight excluding hydrogens is 404 g/mol. The normalized spacial score (nSPS) is 22.4. The summed E-state index contributed by atoms with van der Waals surface area (Å²) in [5, 5.41) is 42.7. The zero-order chi connectivity index (χ0) is 22.3. The highest BCUT2D eigenvalue weighted by Gasteiger charge is 2.38. The van der Waals surface area contributed by atoms with Gasteiger partial charge in [-0.05, 0) is 69.3 Å². The second kappa shape index (κ2) is 8.23. The van der Waals surface area contributed by atoms with E-state index in [0.717, 1.165) is 81.9 Å². The van der Waals surface area contributed by atoms with Gasteiger partial charge in [0, 0.05) is 37.8 Å². The average Bonchev–Trinajstić information content (AvgIpc) is 2.77. The van der Waals surface area contributed by atoms with E-state index >= 15 is 0 Å². The SMILES string of the molecule is Cc1cc(C#N)cc(O)c1-c1cc2c(nn1)N([C@H]1CCCN(CC3(O)CCC3)C1)CCN2. The Labute approximate surface area is 188 Å². The van der Waals surface area contributed by atoms with Crippen LogP contribution in [0.4, 0.5) is 11.5 Å². The number of piperidine rings is 1. The van der Waals surface area contributed by atoms with Gasteiger partial charge >= 0.3 is 0 Å². The molecule has 1 saturated carbocycles. The van der Waals surface area contributed by atoms with Crippen LogP contribution in [0.3, 0.4) is 0 Å². The molecule has 168 valence electrons. The third kappa shape index (κ3) is 3.87. The van der Waals surface area contributed by atoms with Crippen LogP contribution in [-0.2, 0) is 0 Å². The lowest BCUT2D eigenvalue weighted by Crippen LogP contribution is -2.55. The molecule has 1 aliphatic carbocycles. The lowest BCUT2D eigenvalue weighted by Gasteiger charge is -2.46. The van der Waals surface area contributed by atoms with Crippen molar-refractivity contribution >= 4 is 11.5 Å². The zero-order valence-corrected chi connectivity index (χ0v) is 18.5. The maximum absolute atomic E-state index is 10.6. The van der Waals surface area contributed by atoms with E-state index in [0.29, 0.717) is 22.9 Å². The molecule has 2 fully saturated rings. The molecule has 0 amide bonds. The molecule has 8 nitrogen and oxygen atoms in total. The van der Waals surface area contributed by atoms with E-state index in [1.165, 1.54) is 6.07 Å². The number of phenolic OH excluding ortho intramolecular Hbond substituents is 1. The van der Waals surface area contributed by atoms with Crippen LogP contribution in [0.1, 0.15) is 43.2 Å². The van der Waals surface area contributed by atoms with E-state index in [2.05, 4.69) is 31.4 Å². The third-order valence-corrected chi connectivity index (χ3v) is 7.14. The summed E-state index contributed by atoms with van der Waals surface area (Å²) in [6.45, 7) is 6.29. The highest BCUT2D eigenvalue weighted by atomic mass is 16.3. The number of phenols is 1. The van der Waals surface area contributed by atoms with E-state index in [9.17, 15) is 10.2 Å². The zero-order valence-electron chi connectivity index (χ0n) is 18.5. The fraction of sp³-hybridized carbons (Fsp3) is 0.542. The van der Waals surface area contributed by atoms with Crippen molar-refractivity contribution in [3.05, 3.63) is 29.3 Å². The number of β-amino-alcohol motifs (C(OH)–C–C–N with tert-alkyl or cyclic N) is 1. The van der Waals surface area contributed by atoms with Crippen molar-refractivity contribution in [2.45, 2.75) is 50.7 Å². The van der Waals surface area contributed by atoms with E-state index in [-0.39, 0.29) is 5.75 Å². The van der Waals surface area contributed by atoms with E-state index < -0.39 is 5.60 Å². The molecule has 8 heteroatoms. The van der Waals surface area contributed by atoms with Crippen LogP contribution in [-0.4, -0.2) is 69.7 Å². The highest BCUT2D eigenvalue weighted by Crippen LogP contribution is 2.38. The van der Waals surface area contributed by atoms with Gasteiger partial charge in [0.15, 0.2) is 5.82 Å².